The van der Waals surface area contributed by atoms with E-state index >= 15 is 0 Å². The molecule has 0 spiro atoms. The molecule has 1 saturated heterocycles. The number of amides is 4. The molecular weight excluding hydrogens is 1680 g/mol. The van der Waals surface area contributed by atoms with Gasteiger partial charge in [0, 0.05) is 158 Å². The van der Waals surface area contributed by atoms with Crippen LogP contribution in [0.4, 0.5) is 22.7 Å². The van der Waals surface area contributed by atoms with E-state index in [9.17, 15) is 64.9 Å². The molecule has 13 rings (SSSR count). The number of nitrogens with one attached hydrogen (secondary N) is 2. The predicted octanol–water partition coefficient (Wildman–Crippen LogP) is 17.5. The average Bonchev–Trinajstić information content (AvgIpc) is 1.56. The van der Waals surface area contributed by atoms with Gasteiger partial charge in [0.2, 0.25) is 11.4 Å². The van der Waals surface area contributed by atoms with Crippen LogP contribution < -0.4 is 29.9 Å². The second kappa shape index (κ2) is 38.0. The molecule has 7 aliphatic rings. The van der Waals surface area contributed by atoms with E-state index in [4.69, 9.17) is 19.4 Å². The van der Waals surface area contributed by atoms with E-state index in [1.54, 1.807) is 18.2 Å². The summed E-state index contributed by atoms with van der Waals surface area (Å²) in [6.45, 7) is 39.7. The molecule has 0 saturated carbocycles. The number of anilines is 2. The van der Waals surface area contributed by atoms with E-state index in [1.165, 1.54) is 40.5 Å². The number of aryl methyl sites for hydroxylation is 2. The summed E-state index contributed by atoms with van der Waals surface area (Å²) in [4.78, 5) is 84.0. The van der Waals surface area contributed by atoms with Crippen LogP contribution >= 0.6 is 0 Å². The monoisotopic (exact) mass is 1800 g/mol. The summed E-state index contributed by atoms with van der Waals surface area (Å²) in [5.74, 6) is -0.829. The number of benzene rings is 6. The molecule has 0 bridgehead atoms. The number of nitrogens with zero attached hydrogens (tertiary/aromatic N) is 5. The first-order valence-electron chi connectivity index (χ1n) is 44.8. The number of carbonyl (C=O) groups excluding carboxylic acids is 5. The Hall–Kier alpha value is -11.3. The van der Waals surface area contributed by atoms with Crippen LogP contribution in [0.5, 0.6) is 23.0 Å². The molecule has 7 heterocycles. The molecule has 2 unspecified atom stereocenters. The number of hydrogen-bond acceptors (Lipinski definition) is 17. The van der Waals surface area contributed by atoms with Crippen molar-refractivity contribution in [2.24, 2.45) is 0 Å². The van der Waals surface area contributed by atoms with E-state index in [0.717, 1.165) is 114 Å². The van der Waals surface area contributed by atoms with Gasteiger partial charge in [-0.3, -0.25) is 33.1 Å². The molecule has 0 aliphatic carbocycles. The number of aromatic hydroxyl groups is 2. The Bertz CT molecular complexity index is 6020. The summed E-state index contributed by atoms with van der Waals surface area (Å²) in [6.07, 6.45) is 28.1. The van der Waals surface area contributed by atoms with Crippen molar-refractivity contribution in [1.82, 2.24) is 15.7 Å². The number of carboxylic acid groups (broad SMARTS) is 1. The quantitative estimate of drug-likeness (QED) is 0.00699. The van der Waals surface area contributed by atoms with Crippen LogP contribution in [0.2, 0.25) is 0 Å². The summed E-state index contributed by atoms with van der Waals surface area (Å²) < 4.78 is 85.5. The first-order valence-corrected chi connectivity index (χ1v) is 47.7. The smallest absolute Gasteiger partial charge is 0.333 e. The lowest BCUT2D eigenvalue weighted by molar-refractivity contribution is -0.438. The van der Waals surface area contributed by atoms with E-state index in [1.807, 2.05) is 132 Å². The maximum Gasteiger partial charge on any atom is 0.333 e. The second-order valence-corrected chi connectivity index (χ2v) is 40.7. The summed E-state index contributed by atoms with van der Waals surface area (Å²) in [6, 6.07) is 22.4. The highest BCUT2D eigenvalue weighted by atomic mass is 32.2. The first-order chi connectivity index (χ1) is 60.6. The number of allylic oxidation sites excluding steroid dienone is 12. The second-order valence-electron chi connectivity index (χ2n) is 37.8. The fourth-order valence-electron chi connectivity index (χ4n) is 19.2. The molecule has 129 heavy (non-hydrogen) atoms. The number of hydroxylamine groups is 2. The summed E-state index contributed by atoms with van der Waals surface area (Å²) in [5, 5.41) is 37.2. The number of phenolic OH excluding ortho intramolecular Hbond substituents is 2. The number of carboxylic acids is 1. The normalized spacial score (nSPS) is 19.9. The molecule has 25 nitrogen and oxygen atoms in total. The maximum atomic E-state index is 13.7. The molecule has 7 N–H and O–H groups in total. The third-order valence-electron chi connectivity index (χ3n) is 27.3. The number of unbranched alkanes of at least 4 members (excludes halogenated alkanes) is 4. The van der Waals surface area contributed by atoms with Crippen molar-refractivity contribution in [3.05, 3.63) is 223 Å². The molecule has 1 fully saturated rings. The number of hydrogen-bond donors (Lipinski definition) is 7. The Morgan fingerprint density at radius 2 is 0.860 bits per heavy atom. The number of ether oxygens (including phenoxy) is 2. The molecule has 6 aromatic carbocycles. The zero-order valence-corrected chi connectivity index (χ0v) is 79.5. The van der Waals surface area contributed by atoms with Crippen LogP contribution in [-0.4, -0.2) is 153 Å². The van der Waals surface area contributed by atoms with Crippen molar-refractivity contribution >= 4 is 90.0 Å². The summed E-state index contributed by atoms with van der Waals surface area (Å²) in [7, 11) is -8.84. The Morgan fingerprint density at radius 1 is 0.465 bits per heavy atom. The third-order valence-corrected chi connectivity index (χ3v) is 29.0. The number of aliphatic carboxylic acids is 1. The van der Waals surface area contributed by atoms with Gasteiger partial charge in [0.05, 0.1) is 20.6 Å². The van der Waals surface area contributed by atoms with Gasteiger partial charge in [-0.05, 0) is 241 Å². The van der Waals surface area contributed by atoms with Gasteiger partial charge < -0.3 is 50.1 Å². The number of imide groups is 1. The number of fused-ring (bicyclic) bond motifs is 6. The SMILES string of the molecule is Cc1ccc2c(c1)C(C)(C)C(=CC=CC=CC1=[N+](CCCCCC(=O)O)c3ccc(S(=O)(=O)O)cc3C1(C)C)N2CCCNC(=O)C1(C)CCc2c(C)c(O)c(C)c(C)c2O1.Cc1ccc2c(c1)C(C)(C)C(=CC=CC=CC1=[N+](CCCCCC(=O)ON3C(=O)CCC3=O)c3ccc(S(=O)(=O)O)cc3C1(C)C)N2CCCNC(=O)C1(C)CCc2c(C)c(O)c(C)c(C)c2O1. The van der Waals surface area contributed by atoms with Gasteiger partial charge in [-0.15, -0.1) is 5.06 Å². The summed E-state index contributed by atoms with van der Waals surface area (Å²) in [5.41, 5.74) is 17.3. The lowest BCUT2D eigenvalue weighted by Crippen LogP contribution is -2.51. The third kappa shape index (κ3) is 19.9. The van der Waals surface area contributed by atoms with Crippen molar-refractivity contribution < 1.29 is 93.5 Å². The molecule has 6 aromatic rings. The van der Waals surface area contributed by atoms with Crippen molar-refractivity contribution in [3.8, 4) is 23.0 Å². The summed E-state index contributed by atoms with van der Waals surface area (Å²) >= 11 is 0. The van der Waals surface area contributed by atoms with Crippen LogP contribution in [0.3, 0.4) is 0 Å². The highest BCUT2D eigenvalue weighted by Gasteiger charge is 2.49. The number of carbonyl (C=O) groups is 6. The van der Waals surface area contributed by atoms with Gasteiger partial charge in [0.1, 0.15) is 36.1 Å². The average molecular weight is 1800 g/mol. The minimum atomic E-state index is -4.45. The van der Waals surface area contributed by atoms with Crippen LogP contribution in [0.1, 0.15) is 237 Å². The van der Waals surface area contributed by atoms with Gasteiger partial charge in [-0.2, -0.15) is 26.0 Å². The van der Waals surface area contributed by atoms with E-state index in [0.29, 0.717) is 126 Å². The van der Waals surface area contributed by atoms with Gasteiger partial charge in [0.15, 0.2) is 22.6 Å². The highest BCUT2D eigenvalue weighted by molar-refractivity contribution is 7.86. The molecule has 27 heteroatoms. The topological polar surface area (TPSA) is 339 Å². The molecular formula is C102H127N7O18S2+2. The van der Waals surface area contributed by atoms with E-state index < -0.39 is 66.0 Å². The Morgan fingerprint density at radius 3 is 1.25 bits per heavy atom. The van der Waals surface area contributed by atoms with Crippen molar-refractivity contribution in [3.63, 3.8) is 0 Å². The van der Waals surface area contributed by atoms with Crippen LogP contribution in [0, 0.1) is 55.4 Å². The number of rotatable bonds is 31. The van der Waals surface area contributed by atoms with Crippen LogP contribution in [-0.2, 0) is 88.3 Å². The molecule has 7 aliphatic heterocycles. The predicted molar refractivity (Wildman–Crippen MR) is 500 cm³/mol. The van der Waals surface area contributed by atoms with Crippen LogP contribution in [0.15, 0.2) is 155 Å². The Labute approximate surface area is 759 Å². The molecule has 0 radical (unpaired) electrons. The van der Waals surface area contributed by atoms with Gasteiger partial charge in [-0.25, -0.2) is 4.79 Å². The fraction of sp³-hybridized carbons (Fsp3) is 0.451. The van der Waals surface area contributed by atoms with Gasteiger partial charge in [-0.1, -0.05) is 99.5 Å². The molecule has 0 aromatic heterocycles. The zero-order valence-electron chi connectivity index (χ0n) is 77.9. The van der Waals surface area contributed by atoms with Crippen LogP contribution in [0.25, 0.3) is 0 Å². The maximum absolute atomic E-state index is 13.7. The highest BCUT2D eigenvalue weighted by Crippen LogP contribution is 2.52. The molecule has 2 atom stereocenters. The minimum absolute atomic E-state index is 0.0313. The van der Waals surface area contributed by atoms with Crippen molar-refractivity contribution in [1.29, 1.82) is 0 Å². The first kappa shape index (κ1) is 96.8. The Balaban J connectivity index is 0.000000235. The van der Waals surface area contributed by atoms with Gasteiger partial charge in [0.25, 0.3) is 43.9 Å². The van der Waals surface area contributed by atoms with Gasteiger partial charge >= 0.3 is 11.9 Å². The number of phenols is 2. The largest absolute Gasteiger partial charge is 0.507 e. The lowest BCUT2D eigenvalue weighted by atomic mass is 9.81. The minimum Gasteiger partial charge on any atom is -0.507 e. The zero-order chi connectivity index (χ0) is 94.2. The lowest BCUT2D eigenvalue weighted by Gasteiger charge is -2.36. The van der Waals surface area contributed by atoms with Crippen molar-refractivity contribution in [2.45, 2.75) is 270 Å². The van der Waals surface area contributed by atoms with E-state index in [-0.39, 0.29) is 63.9 Å². The standard InChI is InChI=1S/C53H64N4O10S.C49H61N3O8S/c1-33-20-22-41-39(31-33)51(5,6)43(56(41)30-16-28-54-50(62)53(9)27-26-38-36(4)48(61)34(2)35(3)49(38)66-53)17-12-10-13-18-44-52(7,8)40-32-37(68(63,64)65)21-23-42(40)55(44)29-15-11-14-19-47(60)67-57-45(58)24-25-46(57)59;1-31-20-22-39-37(29-31)47(5,6)41(52(39)28-16-26-50-46(56)49(9)25-24-36-34(4)44(55)32(2)33(3)45(36)60-49)17-12-10-13-18-42-48(7,8)38-30-35(61(57,58)59)21-23-40(38)51(42)27-15-11-14-19-43(53)54/h10,12-13,17-18,20-23,31-32H,11,14-16,19,24-30H2,1-9H3,(H2-,54,61,62,63,64,65);10,12-13,17-18,20-23,29-30H,11,14-16,19,24-28H2,1-9H3,(H3-,50,53,54,55,56,57,58,59)/p+2. The van der Waals surface area contributed by atoms with Crippen molar-refractivity contribution in [2.75, 3.05) is 49.1 Å². The molecule has 4 amide bonds. The Kier molecular flexibility index (Phi) is 28.6. The molecule has 688 valence electrons. The fourth-order valence-corrected chi connectivity index (χ4v) is 20.2. The van der Waals surface area contributed by atoms with E-state index in [2.05, 4.69) is 120 Å².